The Kier molecular flexibility index (Phi) is 3.72. The van der Waals surface area contributed by atoms with Gasteiger partial charge in [0.2, 0.25) is 11.7 Å². The van der Waals surface area contributed by atoms with Crippen LogP contribution in [0.1, 0.15) is 11.5 Å². The minimum atomic E-state index is 0.443. The lowest BCUT2D eigenvalue weighted by molar-refractivity contribution is 0.386. The highest BCUT2D eigenvalue weighted by Gasteiger charge is 2.14. The second-order valence-corrected chi connectivity index (χ2v) is 6.42. The maximum atomic E-state index is 6.33. The van der Waals surface area contributed by atoms with Gasteiger partial charge >= 0.3 is 0 Å². The first-order valence-corrected chi connectivity index (χ1v) is 8.68. The van der Waals surface area contributed by atoms with Gasteiger partial charge in [0, 0.05) is 29.5 Å². The van der Waals surface area contributed by atoms with E-state index in [4.69, 9.17) is 16.1 Å². The van der Waals surface area contributed by atoms with Crippen molar-refractivity contribution in [2.75, 3.05) is 0 Å². The summed E-state index contributed by atoms with van der Waals surface area (Å²) in [6, 6.07) is 11.4. The van der Waals surface area contributed by atoms with Crippen LogP contribution in [0, 0.1) is 0 Å². The van der Waals surface area contributed by atoms with Crippen LogP contribution in [0.5, 0.6) is 0 Å². The summed E-state index contributed by atoms with van der Waals surface area (Å²) in [6.45, 7) is 0. The average molecular weight is 377 g/mol. The monoisotopic (exact) mass is 376 g/mol. The molecule has 0 fully saturated rings. The quantitative estimate of drug-likeness (QED) is 0.511. The van der Waals surface area contributed by atoms with Gasteiger partial charge in [-0.3, -0.25) is 4.57 Å². The van der Waals surface area contributed by atoms with Crippen molar-refractivity contribution >= 4 is 22.5 Å². The molecule has 0 aliphatic rings. The molecule has 5 aromatic rings. The largest absolute Gasteiger partial charge is 0.361 e. The number of rotatable bonds is 4. The van der Waals surface area contributed by atoms with Crippen molar-refractivity contribution < 1.29 is 4.52 Å². The summed E-state index contributed by atoms with van der Waals surface area (Å²) in [7, 11) is 0. The Labute approximate surface area is 158 Å². The van der Waals surface area contributed by atoms with Crippen molar-refractivity contribution in [1.82, 2.24) is 29.7 Å². The molecule has 0 saturated carbocycles. The van der Waals surface area contributed by atoms with E-state index in [1.807, 2.05) is 53.4 Å². The number of imidazole rings is 1. The zero-order chi connectivity index (χ0) is 18.2. The van der Waals surface area contributed by atoms with Crippen LogP contribution >= 0.6 is 11.6 Å². The van der Waals surface area contributed by atoms with Crippen LogP contribution in [0.3, 0.4) is 0 Å². The molecule has 0 saturated heterocycles. The second kappa shape index (κ2) is 6.37. The van der Waals surface area contributed by atoms with Crippen LogP contribution < -0.4 is 0 Å². The number of halogens is 1. The SMILES string of the molecule is Clc1cccc2[nH]cc(Cc3nc(-c4cccc(-n5ccnc5)n4)no3)c12. The van der Waals surface area contributed by atoms with Crippen LogP contribution in [-0.4, -0.2) is 29.7 Å². The molecule has 0 spiro atoms. The summed E-state index contributed by atoms with van der Waals surface area (Å²) < 4.78 is 7.25. The number of hydrogen-bond donors (Lipinski definition) is 1. The van der Waals surface area contributed by atoms with Crippen molar-refractivity contribution in [2.45, 2.75) is 6.42 Å². The standard InChI is InChI=1S/C19H13ClN6O/c20-13-3-1-4-14-18(13)12(10-22-14)9-17-24-19(25-27-17)15-5-2-6-16(23-15)26-8-7-21-11-26/h1-8,10-11,22H,9H2. The fourth-order valence-corrected chi connectivity index (χ4v) is 3.32. The smallest absolute Gasteiger partial charge is 0.231 e. The Bertz CT molecular complexity index is 1220. The van der Waals surface area contributed by atoms with Crippen molar-refractivity contribution in [3.63, 3.8) is 0 Å². The fraction of sp³-hybridized carbons (Fsp3) is 0.0526. The molecule has 8 heteroatoms. The molecule has 1 aromatic carbocycles. The van der Waals surface area contributed by atoms with Gasteiger partial charge in [0.05, 0.1) is 11.4 Å². The number of hydrogen-bond acceptors (Lipinski definition) is 5. The van der Waals surface area contributed by atoms with Gasteiger partial charge in [-0.15, -0.1) is 0 Å². The van der Waals surface area contributed by atoms with Crippen LogP contribution in [0.15, 0.2) is 65.8 Å². The minimum absolute atomic E-state index is 0.443. The predicted molar refractivity (Wildman–Crippen MR) is 101 cm³/mol. The molecular weight excluding hydrogens is 364 g/mol. The Balaban J connectivity index is 1.46. The molecule has 7 nitrogen and oxygen atoms in total. The van der Waals surface area contributed by atoms with Crippen molar-refractivity contribution in [1.29, 1.82) is 0 Å². The third kappa shape index (κ3) is 2.88. The first-order valence-electron chi connectivity index (χ1n) is 8.31. The molecule has 0 unspecified atom stereocenters. The minimum Gasteiger partial charge on any atom is -0.361 e. The number of fused-ring (bicyclic) bond motifs is 1. The summed E-state index contributed by atoms with van der Waals surface area (Å²) in [4.78, 5) is 16.3. The summed E-state index contributed by atoms with van der Waals surface area (Å²) in [6.07, 6.45) is 7.62. The van der Waals surface area contributed by atoms with Crippen LogP contribution in [0.4, 0.5) is 0 Å². The molecule has 0 atom stereocenters. The number of pyridine rings is 1. The topological polar surface area (TPSA) is 85.4 Å². The molecule has 0 aliphatic heterocycles. The van der Waals surface area contributed by atoms with Crippen molar-refractivity contribution in [3.8, 4) is 17.3 Å². The van der Waals surface area contributed by atoms with E-state index in [-0.39, 0.29) is 0 Å². The number of nitrogens with zero attached hydrogens (tertiary/aromatic N) is 5. The van der Waals surface area contributed by atoms with Crippen LogP contribution in [-0.2, 0) is 6.42 Å². The molecule has 1 N–H and O–H groups in total. The molecular formula is C19H13ClN6O. The van der Waals surface area contributed by atoms with E-state index in [0.29, 0.717) is 28.9 Å². The summed E-state index contributed by atoms with van der Waals surface area (Å²) in [5, 5.41) is 5.74. The lowest BCUT2D eigenvalue weighted by Crippen LogP contribution is -1.96. The summed E-state index contributed by atoms with van der Waals surface area (Å²) >= 11 is 6.33. The van der Waals surface area contributed by atoms with Gasteiger partial charge in [0.15, 0.2) is 0 Å². The number of H-pyrrole nitrogens is 1. The highest BCUT2D eigenvalue weighted by atomic mass is 35.5. The third-order valence-electron chi connectivity index (χ3n) is 4.28. The van der Waals surface area contributed by atoms with E-state index < -0.39 is 0 Å². The molecule has 0 radical (unpaired) electrons. The molecule has 4 aromatic heterocycles. The van der Waals surface area contributed by atoms with E-state index in [9.17, 15) is 0 Å². The lowest BCUT2D eigenvalue weighted by Gasteiger charge is -2.01. The molecule has 4 heterocycles. The summed E-state index contributed by atoms with van der Waals surface area (Å²) in [5.41, 5.74) is 2.62. The Hall–Kier alpha value is -3.45. The maximum absolute atomic E-state index is 6.33. The number of nitrogens with one attached hydrogen (secondary N) is 1. The van der Waals surface area contributed by atoms with Gasteiger partial charge < -0.3 is 9.51 Å². The Morgan fingerprint density at radius 3 is 2.93 bits per heavy atom. The van der Waals surface area contributed by atoms with Crippen LogP contribution in [0.25, 0.3) is 28.2 Å². The zero-order valence-electron chi connectivity index (χ0n) is 14.0. The Morgan fingerprint density at radius 2 is 2.04 bits per heavy atom. The Morgan fingerprint density at radius 1 is 1.11 bits per heavy atom. The fourth-order valence-electron chi connectivity index (χ4n) is 3.03. The van der Waals surface area contributed by atoms with E-state index in [1.54, 1.807) is 12.5 Å². The molecule has 0 bridgehead atoms. The molecule has 0 aliphatic carbocycles. The first kappa shape index (κ1) is 15.8. The lowest BCUT2D eigenvalue weighted by atomic mass is 10.1. The van der Waals surface area contributed by atoms with E-state index in [0.717, 1.165) is 22.3 Å². The molecule has 132 valence electrons. The zero-order valence-corrected chi connectivity index (χ0v) is 14.8. The van der Waals surface area contributed by atoms with Gasteiger partial charge in [-0.25, -0.2) is 9.97 Å². The predicted octanol–water partition coefficient (Wildman–Crippen LogP) is 4.04. The molecule has 27 heavy (non-hydrogen) atoms. The average Bonchev–Trinajstić information content (AvgIpc) is 3.44. The van der Waals surface area contributed by atoms with E-state index in [1.165, 1.54) is 0 Å². The third-order valence-corrected chi connectivity index (χ3v) is 4.59. The van der Waals surface area contributed by atoms with Crippen molar-refractivity contribution in [3.05, 3.63) is 77.8 Å². The number of benzene rings is 1. The highest BCUT2D eigenvalue weighted by Crippen LogP contribution is 2.28. The summed E-state index contributed by atoms with van der Waals surface area (Å²) in [5.74, 6) is 1.68. The van der Waals surface area contributed by atoms with Gasteiger partial charge in [-0.2, -0.15) is 4.98 Å². The molecule has 5 rings (SSSR count). The normalized spacial score (nSPS) is 11.3. The number of aromatic nitrogens is 6. The van der Waals surface area contributed by atoms with Gasteiger partial charge in [0.25, 0.3) is 0 Å². The van der Waals surface area contributed by atoms with Crippen LogP contribution in [0.2, 0.25) is 5.02 Å². The van der Waals surface area contributed by atoms with Gasteiger partial charge in [0.1, 0.15) is 17.8 Å². The first-order chi connectivity index (χ1) is 13.3. The second-order valence-electron chi connectivity index (χ2n) is 6.02. The van der Waals surface area contributed by atoms with Gasteiger partial charge in [-0.05, 0) is 29.8 Å². The maximum Gasteiger partial charge on any atom is 0.231 e. The highest BCUT2D eigenvalue weighted by molar-refractivity contribution is 6.35. The van der Waals surface area contributed by atoms with E-state index in [2.05, 4.69) is 25.1 Å². The molecule has 0 amide bonds. The van der Waals surface area contributed by atoms with Gasteiger partial charge in [-0.1, -0.05) is 28.9 Å². The van der Waals surface area contributed by atoms with E-state index >= 15 is 0 Å². The number of aromatic amines is 1. The van der Waals surface area contributed by atoms with Crippen molar-refractivity contribution in [2.24, 2.45) is 0 Å².